The lowest BCUT2D eigenvalue weighted by Gasteiger charge is -2.02. The van der Waals surface area contributed by atoms with Crippen LogP contribution >= 0.6 is 11.3 Å². The minimum Gasteiger partial charge on any atom is -0.383 e. The van der Waals surface area contributed by atoms with Crippen molar-refractivity contribution < 1.29 is 9.53 Å². The molecule has 0 fully saturated rings. The van der Waals surface area contributed by atoms with Crippen molar-refractivity contribution in [1.29, 1.82) is 0 Å². The molecule has 0 atom stereocenters. The lowest BCUT2D eigenvalue weighted by molar-refractivity contribution is 0.0940. The van der Waals surface area contributed by atoms with Gasteiger partial charge < -0.3 is 15.0 Å². The van der Waals surface area contributed by atoms with Crippen molar-refractivity contribution in [3.63, 3.8) is 0 Å². The van der Waals surface area contributed by atoms with Crippen molar-refractivity contribution in [3.8, 4) is 0 Å². The minimum absolute atomic E-state index is 0.199. The second-order valence-electron chi connectivity index (χ2n) is 4.14. The first kappa shape index (κ1) is 13.7. The van der Waals surface area contributed by atoms with E-state index in [4.69, 9.17) is 4.74 Å². The van der Waals surface area contributed by atoms with Crippen LogP contribution in [0.15, 0.2) is 4.79 Å². The third-order valence-electron chi connectivity index (χ3n) is 2.72. The van der Waals surface area contributed by atoms with Crippen LogP contribution < -0.4 is 10.9 Å². The van der Waals surface area contributed by atoms with Gasteiger partial charge in [-0.3, -0.25) is 9.59 Å². The largest absolute Gasteiger partial charge is 0.383 e. The second-order valence-corrected chi connectivity index (χ2v) is 5.14. The van der Waals surface area contributed by atoms with E-state index in [1.54, 1.807) is 21.0 Å². The molecule has 7 heteroatoms. The number of methoxy groups -OCH3 is 1. The number of aromatic nitrogens is 2. The normalized spacial score (nSPS) is 10.9. The molecule has 0 saturated carbocycles. The van der Waals surface area contributed by atoms with Crippen LogP contribution in [0.1, 0.15) is 21.1 Å². The number of hydrogen-bond acceptors (Lipinski definition) is 5. The minimum atomic E-state index is -0.202. The van der Waals surface area contributed by atoms with Crippen molar-refractivity contribution in [2.75, 3.05) is 20.3 Å². The van der Waals surface area contributed by atoms with Crippen molar-refractivity contribution >= 4 is 27.5 Å². The molecule has 1 amide bonds. The van der Waals surface area contributed by atoms with E-state index in [9.17, 15) is 9.59 Å². The number of hydrogen-bond donors (Lipinski definition) is 2. The molecular formula is C12H15N3O3S. The first-order valence-corrected chi connectivity index (χ1v) is 6.63. The van der Waals surface area contributed by atoms with E-state index >= 15 is 0 Å². The van der Waals surface area contributed by atoms with E-state index in [0.29, 0.717) is 39.6 Å². The maximum absolute atomic E-state index is 12.0. The third-order valence-corrected chi connectivity index (χ3v) is 3.90. The molecule has 2 aromatic rings. The van der Waals surface area contributed by atoms with Gasteiger partial charge in [0.1, 0.15) is 10.7 Å². The Morgan fingerprint density at radius 3 is 2.89 bits per heavy atom. The number of nitrogens with zero attached hydrogens (tertiary/aromatic N) is 1. The van der Waals surface area contributed by atoms with Gasteiger partial charge in [-0.1, -0.05) is 0 Å². The molecule has 19 heavy (non-hydrogen) atoms. The highest BCUT2D eigenvalue weighted by Gasteiger charge is 2.18. The van der Waals surface area contributed by atoms with E-state index in [0.717, 1.165) is 0 Å². The Morgan fingerprint density at radius 2 is 2.21 bits per heavy atom. The second kappa shape index (κ2) is 5.50. The summed E-state index contributed by atoms with van der Waals surface area (Å²) >= 11 is 1.23. The SMILES string of the molecule is COCCNC(=O)c1sc2nc(C)[nH]c(=O)c2c1C. The highest BCUT2D eigenvalue weighted by atomic mass is 32.1. The average molecular weight is 281 g/mol. The first-order valence-electron chi connectivity index (χ1n) is 5.81. The lowest BCUT2D eigenvalue weighted by atomic mass is 10.2. The molecule has 0 aliphatic heterocycles. The summed E-state index contributed by atoms with van der Waals surface area (Å²) in [5, 5.41) is 3.24. The highest BCUT2D eigenvalue weighted by molar-refractivity contribution is 7.20. The Labute approximate surface area is 113 Å². The number of aryl methyl sites for hydroxylation is 2. The fourth-order valence-corrected chi connectivity index (χ4v) is 2.96. The van der Waals surface area contributed by atoms with Gasteiger partial charge in [-0.2, -0.15) is 0 Å². The standard InChI is InChI=1S/C12H15N3O3S/c1-6-8-10(16)14-7(2)15-12(8)19-9(6)11(17)13-4-5-18-3/h4-5H2,1-3H3,(H,13,17)(H,14,15,16). The Hall–Kier alpha value is -1.73. The van der Waals surface area contributed by atoms with Crippen molar-refractivity contribution in [2.45, 2.75) is 13.8 Å². The van der Waals surface area contributed by atoms with Crippen LogP contribution in [0, 0.1) is 13.8 Å². The molecule has 0 bridgehead atoms. The fourth-order valence-electron chi connectivity index (χ4n) is 1.81. The summed E-state index contributed by atoms with van der Waals surface area (Å²) in [4.78, 5) is 31.9. The summed E-state index contributed by atoms with van der Waals surface area (Å²) in [6, 6.07) is 0. The Kier molecular flexibility index (Phi) is 3.96. The number of nitrogens with one attached hydrogen (secondary N) is 2. The maximum Gasteiger partial charge on any atom is 0.261 e. The van der Waals surface area contributed by atoms with E-state index in [1.807, 2.05) is 0 Å². The quantitative estimate of drug-likeness (QED) is 0.818. The maximum atomic E-state index is 12.0. The van der Waals surface area contributed by atoms with Gasteiger partial charge in [-0.05, 0) is 19.4 Å². The summed E-state index contributed by atoms with van der Waals surface area (Å²) < 4.78 is 4.87. The number of ether oxygens (including phenoxy) is 1. The number of carbonyl (C=O) groups is 1. The van der Waals surface area contributed by atoms with Gasteiger partial charge in [0.05, 0.1) is 16.9 Å². The molecule has 0 aliphatic carbocycles. The molecule has 102 valence electrons. The zero-order chi connectivity index (χ0) is 14.0. The molecule has 0 spiro atoms. The van der Waals surface area contributed by atoms with Crippen molar-refractivity contribution in [2.24, 2.45) is 0 Å². The van der Waals surface area contributed by atoms with E-state index < -0.39 is 0 Å². The lowest BCUT2D eigenvalue weighted by Crippen LogP contribution is -2.26. The average Bonchev–Trinajstić information content (AvgIpc) is 2.66. The van der Waals surface area contributed by atoms with Gasteiger partial charge in [-0.15, -0.1) is 11.3 Å². The Morgan fingerprint density at radius 1 is 1.47 bits per heavy atom. The number of H-pyrrole nitrogens is 1. The molecule has 0 saturated heterocycles. The summed E-state index contributed by atoms with van der Waals surface area (Å²) in [6.07, 6.45) is 0. The van der Waals surface area contributed by atoms with Gasteiger partial charge >= 0.3 is 0 Å². The Bertz CT molecular complexity index is 675. The van der Waals surface area contributed by atoms with Crippen LogP contribution in [0.2, 0.25) is 0 Å². The van der Waals surface area contributed by atoms with Gasteiger partial charge in [-0.25, -0.2) is 4.98 Å². The molecule has 0 aliphatic rings. The van der Waals surface area contributed by atoms with E-state index in [-0.39, 0.29) is 11.5 Å². The Balaban J connectivity index is 2.40. The number of amides is 1. The summed E-state index contributed by atoms with van der Waals surface area (Å²) in [5.74, 6) is 0.347. The summed E-state index contributed by atoms with van der Waals surface area (Å²) in [7, 11) is 1.57. The molecule has 2 heterocycles. The third kappa shape index (κ3) is 2.66. The number of fused-ring (bicyclic) bond motifs is 1. The van der Waals surface area contributed by atoms with Gasteiger partial charge in [0.25, 0.3) is 11.5 Å². The van der Waals surface area contributed by atoms with Gasteiger partial charge in [0, 0.05) is 13.7 Å². The number of aromatic amines is 1. The van der Waals surface area contributed by atoms with Gasteiger partial charge in [0.2, 0.25) is 0 Å². The molecule has 6 nitrogen and oxygen atoms in total. The predicted octanol–water partition coefficient (Wildman–Crippen LogP) is 0.978. The van der Waals surface area contributed by atoms with Crippen molar-refractivity contribution in [1.82, 2.24) is 15.3 Å². The summed E-state index contributed by atoms with van der Waals surface area (Å²) in [6.45, 7) is 4.37. The molecule has 0 unspecified atom stereocenters. The zero-order valence-electron chi connectivity index (χ0n) is 11.0. The first-order chi connectivity index (χ1) is 9.04. The fraction of sp³-hybridized carbons (Fsp3) is 0.417. The zero-order valence-corrected chi connectivity index (χ0v) is 11.8. The molecular weight excluding hydrogens is 266 g/mol. The van der Waals surface area contributed by atoms with Gasteiger partial charge in [0.15, 0.2) is 0 Å². The highest BCUT2D eigenvalue weighted by Crippen LogP contribution is 2.26. The molecule has 2 N–H and O–H groups in total. The van der Waals surface area contributed by atoms with E-state index in [2.05, 4.69) is 15.3 Å². The number of thiophene rings is 1. The molecule has 0 radical (unpaired) electrons. The predicted molar refractivity (Wildman–Crippen MR) is 73.9 cm³/mol. The van der Waals surface area contributed by atoms with Crippen LogP contribution in [-0.4, -0.2) is 36.1 Å². The molecule has 2 aromatic heterocycles. The number of rotatable bonds is 4. The smallest absolute Gasteiger partial charge is 0.261 e. The van der Waals surface area contributed by atoms with Crippen LogP contribution in [-0.2, 0) is 4.74 Å². The van der Waals surface area contributed by atoms with Crippen LogP contribution in [0.3, 0.4) is 0 Å². The monoisotopic (exact) mass is 281 g/mol. The van der Waals surface area contributed by atoms with Crippen LogP contribution in [0.4, 0.5) is 0 Å². The molecule has 0 aromatic carbocycles. The molecule has 2 rings (SSSR count). The number of carbonyl (C=O) groups excluding carboxylic acids is 1. The van der Waals surface area contributed by atoms with Crippen molar-refractivity contribution in [3.05, 3.63) is 26.6 Å². The van der Waals surface area contributed by atoms with Crippen LogP contribution in [0.25, 0.3) is 10.2 Å². The topological polar surface area (TPSA) is 84.1 Å². The van der Waals surface area contributed by atoms with Crippen LogP contribution in [0.5, 0.6) is 0 Å². The summed E-state index contributed by atoms with van der Waals surface area (Å²) in [5.41, 5.74) is 0.468. The van der Waals surface area contributed by atoms with E-state index in [1.165, 1.54) is 11.3 Å².